The largest absolute Gasteiger partial charge is 0.494 e. The van der Waals surface area contributed by atoms with Crippen molar-refractivity contribution in [2.45, 2.75) is 72.2 Å². The van der Waals surface area contributed by atoms with E-state index < -0.39 is 12.7 Å². The molecule has 5 nitrogen and oxygen atoms in total. The lowest BCUT2D eigenvalue weighted by Crippen LogP contribution is -2.41. The second-order valence-corrected chi connectivity index (χ2v) is 9.63. The van der Waals surface area contributed by atoms with Crippen molar-refractivity contribution < 1.29 is 18.8 Å². The van der Waals surface area contributed by atoms with Crippen LogP contribution in [0, 0.1) is 0 Å². The summed E-state index contributed by atoms with van der Waals surface area (Å²) >= 11 is 0. The number of rotatable bonds is 3. The third-order valence-electron chi connectivity index (χ3n) is 5.43. The number of hydrogen-bond donors (Lipinski definition) is 0. The fraction of sp³-hybridized carbons (Fsp3) is 0.478. The summed E-state index contributed by atoms with van der Waals surface area (Å²) in [5.41, 5.74) is 2.19. The molecule has 0 saturated carbocycles. The highest BCUT2D eigenvalue weighted by Crippen LogP contribution is 2.36. The first-order valence-electron chi connectivity index (χ1n) is 9.94. The summed E-state index contributed by atoms with van der Waals surface area (Å²) in [6.07, 6.45) is 3.28. The summed E-state index contributed by atoms with van der Waals surface area (Å²) in [6, 6.07) is 8.01. The molecule has 0 amide bonds. The highest BCUT2D eigenvalue weighted by Gasteiger charge is 2.51. The fourth-order valence-electron chi connectivity index (χ4n) is 3.08. The van der Waals surface area contributed by atoms with Crippen molar-refractivity contribution in [1.82, 2.24) is 4.98 Å². The van der Waals surface area contributed by atoms with Crippen LogP contribution < -0.4 is 5.46 Å². The molecule has 1 fully saturated rings. The summed E-state index contributed by atoms with van der Waals surface area (Å²) in [4.78, 5) is 16.6. The standard InChI is InChI=1S/C23H30BNO4/c1-15(11-20(26)27-21(2,3)4)17-12-16-13-18(9-10-19(16)25-14-17)24-28-22(5,6)23(7,8)29-24/h9-14H,1-8H3/b15-11+. The van der Waals surface area contributed by atoms with Crippen molar-refractivity contribution in [1.29, 1.82) is 0 Å². The predicted octanol–water partition coefficient (Wildman–Crippen LogP) is 4.28. The fourth-order valence-corrected chi connectivity index (χ4v) is 3.08. The molecule has 2 heterocycles. The van der Waals surface area contributed by atoms with E-state index in [1.165, 1.54) is 6.08 Å². The van der Waals surface area contributed by atoms with Gasteiger partial charge in [-0.1, -0.05) is 12.1 Å². The van der Waals surface area contributed by atoms with Gasteiger partial charge >= 0.3 is 13.1 Å². The Morgan fingerprint density at radius 3 is 2.31 bits per heavy atom. The van der Waals surface area contributed by atoms with Gasteiger partial charge in [0.2, 0.25) is 0 Å². The lowest BCUT2D eigenvalue weighted by Gasteiger charge is -2.32. The van der Waals surface area contributed by atoms with E-state index in [-0.39, 0.29) is 17.2 Å². The Hall–Kier alpha value is -2.18. The van der Waals surface area contributed by atoms with Crippen molar-refractivity contribution in [2.24, 2.45) is 0 Å². The Morgan fingerprint density at radius 1 is 1.10 bits per heavy atom. The molecule has 0 aliphatic carbocycles. The zero-order chi connectivity index (χ0) is 21.6. The second-order valence-electron chi connectivity index (χ2n) is 9.63. The molecule has 1 aliphatic rings. The van der Waals surface area contributed by atoms with Crippen LogP contribution in [0.2, 0.25) is 0 Å². The number of hydrogen-bond acceptors (Lipinski definition) is 5. The van der Waals surface area contributed by atoms with Crippen LogP contribution in [-0.2, 0) is 18.8 Å². The highest BCUT2D eigenvalue weighted by molar-refractivity contribution is 6.62. The van der Waals surface area contributed by atoms with Gasteiger partial charge in [0.15, 0.2) is 0 Å². The zero-order valence-electron chi connectivity index (χ0n) is 18.6. The molecular formula is C23H30BNO4. The summed E-state index contributed by atoms with van der Waals surface area (Å²) in [5.74, 6) is -0.360. The van der Waals surface area contributed by atoms with Crippen molar-refractivity contribution in [3.63, 3.8) is 0 Å². The van der Waals surface area contributed by atoms with E-state index in [2.05, 4.69) is 4.98 Å². The molecule has 0 spiro atoms. The quantitative estimate of drug-likeness (QED) is 0.441. The Labute approximate surface area is 173 Å². The second kappa shape index (κ2) is 7.26. The first-order chi connectivity index (χ1) is 13.3. The molecule has 1 aromatic carbocycles. The Kier molecular flexibility index (Phi) is 5.39. The molecule has 0 radical (unpaired) electrons. The molecule has 29 heavy (non-hydrogen) atoms. The maximum Gasteiger partial charge on any atom is 0.494 e. The Balaban J connectivity index is 1.89. The minimum atomic E-state index is -0.521. The normalized spacial score (nSPS) is 18.9. The van der Waals surface area contributed by atoms with Gasteiger partial charge in [-0.3, -0.25) is 4.98 Å². The van der Waals surface area contributed by atoms with Crippen LogP contribution in [0.1, 0.15) is 61.0 Å². The van der Waals surface area contributed by atoms with Crippen LogP contribution in [0.25, 0.3) is 16.5 Å². The first-order valence-corrected chi connectivity index (χ1v) is 9.94. The molecule has 0 unspecified atom stereocenters. The topological polar surface area (TPSA) is 57.7 Å². The summed E-state index contributed by atoms with van der Waals surface area (Å²) in [7, 11) is -0.425. The number of pyridine rings is 1. The molecule has 0 atom stereocenters. The Bertz CT molecular complexity index is 956. The zero-order valence-corrected chi connectivity index (χ0v) is 18.6. The van der Waals surface area contributed by atoms with Gasteiger partial charge < -0.3 is 14.0 Å². The molecule has 1 saturated heterocycles. The van der Waals surface area contributed by atoms with Gasteiger partial charge in [-0.05, 0) is 84.1 Å². The maximum atomic E-state index is 12.1. The monoisotopic (exact) mass is 395 g/mol. The molecule has 6 heteroatoms. The van der Waals surface area contributed by atoms with Crippen LogP contribution in [0.15, 0.2) is 36.5 Å². The molecule has 3 rings (SSSR count). The van der Waals surface area contributed by atoms with E-state index in [1.54, 1.807) is 6.20 Å². The minimum absolute atomic E-state index is 0.360. The SMILES string of the molecule is C/C(=C\C(=O)OC(C)(C)C)c1cnc2ccc(B3OC(C)(C)C(C)(C)O3)cc2c1. The number of carbonyl (C=O) groups is 1. The lowest BCUT2D eigenvalue weighted by molar-refractivity contribution is -0.148. The van der Waals surface area contributed by atoms with Gasteiger partial charge in [0.05, 0.1) is 16.7 Å². The number of ether oxygens (including phenoxy) is 1. The van der Waals surface area contributed by atoms with Crippen molar-refractivity contribution in [3.8, 4) is 0 Å². The van der Waals surface area contributed by atoms with Crippen molar-refractivity contribution in [3.05, 3.63) is 42.1 Å². The van der Waals surface area contributed by atoms with E-state index in [4.69, 9.17) is 14.0 Å². The number of carbonyl (C=O) groups excluding carboxylic acids is 1. The molecule has 0 N–H and O–H groups in total. The van der Waals surface area contributed by atoms with Crippen LogP contribution in [-0.4, -0.2) is 34.9 Å². The highest BCUT2D eigenvalue weighted by atomic mass is 16.7. The van der Waals surface area contributed by atoms with Gasteiger partial charge in [0.25, 0.3) is 0 Å². The van der Waals surface area contributed by atoms with Crippen LogP contribution in [0.5, 0.6) is 0 Å². The van der Waals surface area contributed by atoms with Crippen molar-refractivity contribution in [2.75, 3.05) is 0 Å². The van der Waals surface area contributed by atoms with E-state index in [0.717, 1.165) is 27.5 Å². The molecule has 154 valence electrons. The van der Waals surface area contributed by atoms with E-state index >= 15 is 0 Å². The summed E-state index contributed by atoms with van der Waals surface area (Å²) in [5, 5.41) is 0.964. The lowest BCUT2D eigenvalue weighted by atomic mass is 9.78. The number of benzene rings is 1. The molecule has 2 aromatic rings. The average Bonchev–Trinajstić information content (AvgIpc) is 2.79. The van der Waals surface area contributed by atoms with E-state index in [9.17, 15) is 4.79 Å². The number of aromatic nitrogens is 1. The third kappa shape index (κ3) is 4.70. The number of esters is 1. The van der Waals surface area contributed by atoms with Gasteiger partial charge in [-0.25, -0.2) is 4.79 Å². The van der Waals surface area contributed by atoms with E-state index in [1.807, 2.05) is 79.7 Å². The van der Waals surface area contributed by atoms with E-state index in [0.29, 0.717) is 0 Å². The van der Waals surface area contributed by atoms with Gasteiger partial charge in [-0.2, -0.15) is 0 Å². The molecule has 0 bridgehead atoms. The Morgan fingerprint density at radius 2 is 1.72 bits per heavy atom. The average molecular weight is 395 g/mol. The maximum absolute atomic E-state index is 12.1. The summed E-state index contributed by atoms with van der Waals surface area (Å²) in [6.45, 7) is 15.6. The van der Waals surface area contributed by atoms with Gasteiger partial charge in [0, 0.05) is 17.7 Å². The van der Waals surface area contributed by atoms with Crippen molar-refractivity contribution >= 4 is 35.0 Å². The minimum Gasteiger partial charge on any atom is -0.457 e. The first kappa shape index (κ1) is 21.5. The number of allylic oxidation sites excluding steroid dienone is 1. The van der Waals surface area contributed by atoms with Crippen LogP contribution in [0.4, 0.5) is 0 Å². The molecular weight excluding hydrogens is 365 g/mol. The number of nitrogens with zero attached hydrogens (tertiary/aromatic N) is 1. The van der Waals surface area contributed by atoms with Gasteiger partial charge in [0.1, 0.15) is 5.60 Å². The van der Waals surface area contributed by atoms with Crippen LogP contribution in [0.3, 0.4) is 0 Å². The van der Waals surface area contributed by atoms with Crippen LogP contribution >= 0.6 is 0 Å². The van der Waals surface area contributed by atoms with Gasteiger partial charge in [-0.15, -0.1) is 0 Å². The number of fused-ring (bicyclic) bond motifs is 1. The summed E-state index contributed by atoms with van der Waals surface area (Å²) < 4.78 is 17.7. The molecule has 1 aromatic heterocycles. The molecule has 1 aliphatic heterocycles. The smallest absolute Gasteiger partial charge is 0.457 e. The predicted molar refractivity (Wildman–Crippen MR) is 117 cm³/mol. The third-order valence-corrected chi connectivity index (χ3v) is 5.43.